The van der Waals surface area contributed by atoms with E-state index < -0.39 is 5.60 Å². The van der Waals surface area contributed by atoms with E-state index in [1.54, 1.807) is 18.2 Å². The van der Waals surface area contributed by atoms with Gasteiger partial charge in [0.1, 0.15) is 11.9 Å². The maximum absolute atomic E-state index is 12.2. The lowest BCUT2D eigenvalue weighted by Crippen LogP contribution is -2.45. The number of oxazole rings is 1. The van der Waals surface area contributed by atoms with Gasteiger partial charge < -0.3 is 24.7 Å². The first-order valence-corrected chi connectivity index (χ1v) is 11.2. The van der Waals surface area contributed by atoms with Crippen LogP contribution >= 0.6 is 0 Å². The summed E-state index contributed by atoms with van der Waals surface area (Å²) in [5.41, 5.74) is 2.52. The zero-order chi connectivity index (χ0) is 23.1. The van der Waals surface area contributed by atoms with Crippen LogP contribution in [0.2, 0.25) is 0 Å². The van der Waals surface area contributed by atoms with E-state index in [4.69, 9.17) is 9.15 Å². The third-order valence-corrected chi connectivity index (χ3v) is 5.34. The number of benzene rings is 1. The highest BCUT2D eigenvalue weighted by Gasteiger charge is 2.26. The van der Waals surface area contributed by atoms with Gasteiger partial charge in [-0.25, -0.2) is 9.78 Å². The van der Waals surface area contributed by atoms with Crippen LogP contribution in [0.3, 0.4) is 0 Å². The summed E-state index contributed by atoms with van der Waals surface area (Å²) in [6.45, 7) is 10.5. The number of aryl methyl sites for hydroxylation is 1. The Morgan fingerprint density at radius 3 is 2.53 bits per heavy atom. The molecule has 0 aliphatic carbocycles. The van der Waals surface area contributed by atoms with Gasteiger partial charge in [-0.2, -0.15) is 0 Å². The quantitative estimate of drug-likeness (QED) is 0.539. The number of nitrogens with one attached hydrogen (secondary N) is 2. The molecule has 32 heavy (non-hydrogen) atoms. The first-order valence-electron chi connectivity index (χ1n) is 11.2. The highest BCUT2D eigenvalue weighted by molar-refractivity contribution is 5.79. The summed E-state index contributed by atoms with van der Waals surface area (Å²) in [4.78, 5) is 22.9. The highest BCUT2D eigenvalue weighted by atomic mass is 16.6. The minimum atomic E-state index is -0.460. The molecule has 1 aliphatic rings. The molecule has 8 heteroatoms. The van der Waals surface area contributed by atoms with E-state index in [9.17, 15) is 4.79 Å². The number of ether oxygens (including phenoxy) is 1. The monoisotopic (exact) mass is 441 g/mol. The van der Waals surface area contributed by atoms with Crippen LogP contribution < -0.4 is 10.6 Å². The number of nitrogens with zero attached hydrogens (tertiary/aromatic N) is 3. The van der Waals surface area contributed by atoms with Gasteiger partial charge in [0.25, 0.3) is 0 Å². The topological polar surface area (TPSA) is 92.0 Å². The first kappa shape index (κ1) is 23.6. The highest BCUT2D eigenvalue weighted by Crippen LogP contribution is 2.20. The number of carbonyl (C=O) groups excluding carboxylic acids is 1. The van der Waals surface area contributed by atoms with E-state index in [2.05, 4.69) is 27.5 Å². The van der Waals surface area contributed by atoms with Crippen molar-refractivity contribution >= 4 is 12.1 Å². The zero-order valence-electron chi connectivity index (χ0n) is 19.8. The number of hydrogen-bond acceptors (Lipinski definition) is 5. The van der Waals surface area contributed by atoms with Gasteiger partial charge in [-0.3, -0.25) is 4.99 Å². The molecule has 2 N–H and O–H groups in total. The lowest BCUT2D eigenvalue weighted by atomic mass is 9.97. The van der Waals surface area contributed by atoms with Crippen molar-refractivity contribution in [3.63, 3.8) is 0 Å². The van der Waals surface area contributed by atoms with Gasteiger partial charge >= 0.3 is 6.09 Å². The van der Waals surface area contributed by atoms with Crippen molar-refractivity contribution in [1.82, 2.24) is 20.5 Å². The van der Waals surface area contributed by atoms with E-state index in [1.807, 2.05) is 45.0 Å². The summed E-state index contributed by atoms with van der Waals surface area (Å²) in [5.74, 6) is 1.81. The van der Waals surface area contributed by atoms with Gasteiger partial charge in [0.15, 0.2) is 5.96 Å². The fourth-order valence-electron chi connectivity index (χ4n) is 3.50. The third kappa shape index (κ3) is 7.00. The molecule has 1 amide bonds. The predicted molar refractivity (Wildman–Crippen MR) is 125 cm³/mol. The molecular weight excluding hydrogens is 406 g/mol. The smallest absolute Gasteiger partial charge is 0.410 e. The number of aromatic nitrogens is 1. The minimum absolute atomic E-state index is 0.223. The molecule has 0 radical (unpaired) electrons. The average Bonchev–Trinajstić information content (AvgIpc) is 3.22. The Kier molecular flexibility index (Phi) is 7.77. The fraction of sp³-hybridized carbons (Fsp3) is 0.542. The van der Waals surface area contributed by atoms with Crippen LogP contribution in [0.4, 0.5) is 4.79 Å². The fourth-order valence-corrected chi connectivity index (χ4v) is 3.50. The molecule has 0 unspecified atom stereocenters. The standard InChI is InChI=1S/C24H35N5O3/c1-17-6-8-19(9-7-17)21-28-20(16-31-21)15-27-22(25-5)26-14-18-10-12-29(13-11-18)23(30)32-24(2,3)4/h6-9,16,18H,10-15H2,1-5H3,(H2,25,26,27). The summed E-state index contributed by atoms with van der Waals surface area (Å²) in [7, 11) is 1.75. The van der Waals surface area contributed by atoms with Crippen molar-refractivity contribution in [2.75, 3.05) is 26.7 Å². The van der Waals surface area contributed by atoms with Crippen LogP contribution in [0.5, 0.6) is 0 Å². The number of amides is 1. The van der Waals surface area contributed by atoms with Crippen LogP contribution in [0.25, 0.3) is 11.5 Å². The van der Waals surface area contributed by atoms with E-state index in [0.717, 1.165) is 36.6 Å². The van der Waals surface area contributed by atoms with E-state index in [-0.39, 0.29) is 6.09 Å². The molecule has 0 spiro atoms. The molecule has 8 nitrogen and oxygen atoms in total. The van der Waals surface area contributed by atoms with Gasteiger partial charge in [-0.05, 0) is 58.6 Å². The number of aliphatic imine (C=N–C) groups is 1. The predicted octanol–water partition coefficient (Wildman–Crippen LogP) is 3.96. The molecule has 2 aromatic rings. The molecule has 3 rings (SSSR count). The number of likely N-dealkylation sites (tertiary alicyclic amines) is 1. The molecule has 1 fully saturated rings. The normalized spacial score (nSPS) is 15.5. The Labute approximate surface area is 190 Å². The largest absolute Gasteiger partial charge is 0.444 e. The second-order valence-corrected chi connectivity index (χ2v) is 9.23. The Balaban J connectivity index is 1.40. The van der Waals surface area contributed by atoms with E-state index >= 15 is 0 Å². The second-order valence-electron chi connectivity index (χ2n) is 9.23. The number of hydrogen-bond donors (Lipinski definition) is 2. The molecule has 1 aliphatic heterocycles. The maximum Gasteiger partial charge on any atom is 0.410 e. The molecule has 174 valence electrons. The molecule has 1 aromatic heterocycles. The number of piperidine rings is 1. The Bertz CT molecular complexity index is 906. The van der Waals surface area contributed by atoms with Gasteiger partial charge in [-0.15, -0.1) is 0 Å². The third-order valence-electron chi connectivity index (χ3n) is 5.34. The number of rotatable bonds is 5. The van der Waals surface area contributed by atoms with Gasteiger partial charge in [-0.1, -0.05) is 17.7 Å². The number of carbonyl (C=O) groups is 1. The Morgan fingerprint density at radius 1 is 1.22 bits per heavy atom. The lowest BCUT2D eigenvalue weighted by Gasteiger charge is -2.33. The molecule has 1 aromatic carbocycles. The molecule has 0 bridgehead atoms. The molecule has 2 heterocycles. The second kappa shape index (κ2) is 10.5. The van der Waals surface area contributed by atoms with Crippen LogP contribution in [-0.2, 0) is 11.3 Å². The van der Waals surface area contributed by atoms with Crippen LogP contribution in [0, 0.1) is 12.8 Å². The van der Waals surface area contributed by atoms with Gasteiger partial charge in [0.05, 0.1) is 12.2 Å². The SMILES string of the molecule is CN=C(NCc1coc(-c2ccc(C)cc2)n1)NCC1CCN(C(=O)OC(C)(C)C)CC1. The van der Waals surface area contributed by atoms with Crippen molar-refractivity contribution in [3.05, 3.63) is 41.8 Å². The van der Waals surface area contributed by atoms with Gasteiger partial charge in [0.2, 0.25) is 5.89 Å². The molecule has 1 saturated heterocycles. The average molecular weight is 442 g/mol. The van der Waals surface area contributed by atoms with Gasteiger partial charge in [0, 0.05) is 32.2 Å². The summed E-state index contributed by atoms with van der Waals surface area (Å²) in [6, 6.07) is 8.10. The zero-order valence-corrected chi connectivity index (χ0v) is 19.8. The van der Waals surface area contributed by atoms with E-state index in [0.29, 0.717) is 31.4 Å². The minimum Gasteiger partial charge on any atom is -0.444 e. The molecular formula is C24H35N5O3. The Hall–Kier alpha value is -3.03. The van der Waals surface area contributed by atoms with Crippen molar-refractivity contribution in [3.8, 4) is 11.5 Å². The number of guanidine groups is 1. The van der Waals surface area contributed by atoms with Crippen molar-refractivity contribution in [2.24, 2.45) is 10.9 Å². The summed E-state index contributed by atoms with van der Waals surface area (Å²) < 4.78 is 11.1. The first-order chi connectivity index (χ1) is 15.2. The summed E-state index contributed by atoms with van der Waals surface area (Å²) in [6.07, 6.45) is 3.32. The Morgan fingerprint density at radius 2 is 1.91 bits per heavy atom. The van der Waals surface area contributed by atoms with Crippen LogP contribution in [0.15, 0.2) is 39.9 Å². The van der Waals surface area contributed by atoms with Crippen molar-refractivity contribution in [1.29, 1.82) is 0 Å². The summed E-state index contributed by atoms with van der Waals surface area (Å²) in [5, 5.41) is 6.67. The molecule has 0 saturated carbocycles. The lowest BCUT2D eigenvalue weighted by molar-refractivity contribution is 0.0185. The van der Waals surface area contributed by atoms with Crippen LogP contribution in [-0.4, -0.2) is 54.2 Å². The van der Waals surface area contributed by atoms with Crippen molar-refractivity contribution in [2.45, 2.75) is 52.7 Å². The van der Waals surface area contributed by atoms with Crippen molar-refractivity contribution < 1.29 is 13.9 Å². The maximum atomic E-state index is 12.2. The van der Waals surface area contributed by atoms with E-state index in [1.165, 1.54) is 5.56 Å². The summed E-state index contributed by atoms with van der Waals surface area (Å²) >= 11 is 0. The van der Waals surface area contributed by atoms with Crippen LogP contribution in [0.1, 0.15) is 44.9 Å². The molecule has 0 atom stereocenters.